The number of amides is 1. The molecule has 0 bridgehead atoms. The maximum atomic E-state index is 11.7. The third-order valence-electron chi connectivity index (χ3n) is 3.19. The Morgan fingerprint density at radius 1 is 1.56 bits per heavy atom. The van der Waals surface area contributed by atoms with Gasteiger partial charge in [0.1, 0.15) is 5.82 Å². The minimum atomic E-state index is -0.0341. The Balaban J connectivity index is 2.08. The van der Waals surface area contributed by atoms with Crippen LogP contribution in [0.5, 0.6) is 0 Å². The molecule has 98 valence electrons. The van der Waals surface area contributed by atoms with Gasteiger partial charge in [0.25, 0.3) is 0 Å². The molecule has 0 aliphatic heterocycles. The van der Waals surface area contributed by atoms with Gasteiger partial charge < -0.3 is 16.4 Å². The van der Waals surface area contributed by atoms with Gasteiger partial charge in [0.2, 0.25) is 5.91 Å². The number of nitrogens with one attached hydrogen (secondary N) is 2. The lowest BCUT2D eigenvalue weighted by atomic mass is 10.0. The van der Waals surface area contributed by atoms with E-state index in [0.29, 0.717) is 5.82 Å². The molecule has 1 aliphatic carbocycles. The zero-order valence-electron chi connectivity index (χ0n) is 10.1. The van der Waals surface area contributed by atoms with E-state index >= 15 is 0 Å². The molecule has 0 spiro atoms. The van der Waals surface area contributed by atoms with E-state index in [1.807, 2.05) is 0 Å². The lowest BCUT2D eigenvalue weighted by molar-refractivity contribution is -0.124. The molecule has 7 heteroatoms. The summed E-state index contributed by atoms with van der Waals surface area (Å²) in [6, 6.07) is 0.0685. The number of rotatable bonds is 3. The number of nitrogens with zero attached hydrogens (tertiary/aromatic N) is 2. The molecular weight excluding hydrogens is 254 g/mol. The van der Waals surface area contributed by atoms with Gasteiger partial charge in [-0.3, -0.25) is 4.79 Å². The third-order valence-corrected chi connectivity index (χ3v) is 3.47. The Labute approximate surface area is 110 Å². The molecule has 4 N–H and O–H groups in total. The van der Waals surface area contributed by atoms with Crippen LogP contribution in [0.15, 0.2) is 6.20 Å². The first-order valence-electron chi connectivity index (χ1n) is 5.88. The molecule has 1 heterocycles. The number of nitrogens with two attached hydrogens (primary N) is 1. The highest BCUT2D eigenvalue weighted by atomic mass is 35.5. The number of hydrogen-bond acceptors (Lipinski definition) is 5. The normalized spacial score (nSPS) is 22.8. The summed E-state index contributed by atoms with van der Waals surface area (Å²) in [5.41, 5.74) is 5.50. The van der Waals surface area contributed by atoms with Gasteiger partial charge in [0, 0.05) is 13.1 Å². The lowest BCUT2D eigenvalue weighted by Gasteiger charge is -2.20. The molecule has 2 unspecified atom stereocenters. The van der Waals surface area contributed by atoms with Gasteiger partial charge >= 0.3 is 0 Å². The predicted octanol–water partition coefficient (Wildman–Crippen LogP) is 1.04. The van der Waals surface area contributed by atoms with Crippen molar-refractivity contribution in [1.29, 1.82) is 0 Å². The Morgan fingerprint density at radius 2 is 2.33 bits per heavy atom. The Kier molecular flexibility index (Phi) is 3.86. The van der Waals surface area contributed by atoms with Gasteiger partial charge in [0.15, 0.2) is 11.0 Å². The van der Waals surface area contributed by atoms with Crippen molar-refractivity contribution >= 4 is 29.1 Å². The Bertz CT molecular complexity index is 453. The van der Waals surface area contributed by atoms with Gasteiger partial charge in [-0.1, -0.05) is 18.0 Å². The molecule has 1 aromatic heterocycles. The monoisotopic (exact) mass is 269 g/mol. The molecule has 0 aromatic carbocycles. The number of hydrogen-bond donors (Lipinski definition) is 3. The van der Waals surface area contributed by atoms with Crippen molar-refractivity contribution in [1.82, 2.24) is 15.3 Å². The largest absolute Gasteiger partial charge is 0.381 e. The summed E-state index contributed by atoms with van der Waals surface area (Å²) in [4.78, 5) is 19.7. The van der Waals surface area contributed by atoms with Crippen LogP contribution in [0, 0.1) is 5.92 Å². The molecule has 1 aromatic rings. The molecule has 1 aliphatic rings. The standard InChI is InChI=1S/C11H16ClN5O/c1-14-11(18)6-3-2-4-7(6)16-8-5-15-10(13)9(12)17-8/h5-7H,2-4H2,1H3,(H2,13,15)(H,14,18)(H,16,17). The van der Waals surface area contributed by atoms with Crippen molar-refractivity contribution in [3.63, 3.8) is 0 Å². The van der Waals surface area contributed by atoms with Crippen molar-refractivity contribution in [2.75, 3.05) is 18.1 Å². The summed E-state index contributed by atoms with van der Waals surface area (Å²) in [7, 11) is 1.65. The van der Waals surface area contributed by atoms with E-state index in [1.165, 1.54) is 6.20 Å². The first-order chi connectivity index (χ1) is 8.61. The molecular formula is C11H16ClN5O. The van der Waals surface area contributed by atoms with Crippen LogP contribution in [0.25, 0.3) is 0 Å². The first-order valence-corrected chi connectivity index (χ1v) is 6.25. The SMILES string of the molecule is CNC(=O)C1CCCC1Nc1cnc(N)c(Cl)n1. The average Bonchev–Trinajstić information content (AvgIpc) is 2.81. The van der Waals surface area contributed by atoms with Crippen molar-refractivity contribution in [2.24, 2.45) is 5.92 Å². The minimum absolute atomic E-state index is 0.0341. The maximum Gasteiger partial charge on any atom is 0.224 e. The lowest BCUT2D eigenvalue weighted by Crippen LogP contribution is -2.36. The molecule has 2 atom stereocenters. The summed E-state index contributed by atoms with van der Waals surface area (Å²) in [5.74, 6) is 0.777. The van der Waals surface area contributed by atoms with Crippen molar-refractivity contribution in [3.05, 3.63) is 11.3 Å². The number of nitrogen functional groups attached to an aromatic ring is 1. The Hall–Kier alpha value is -1.56. The van der Waals surface area contributed by atoms with Crippen LogP contribution in [0.2, 0.25) is 5.15 Å². The van der Waals surface area contributed by atoms with Crippen LogP contribution in [0.1, 0.15) is 19.3 Å². The van der Waals surface area contributed by atoms with E-state index in [-0.39, 0.29) is 28.8 Å². The molecule has 0 saturated heterocycles. The molecule has 2 rings (SSSR count). The van der Waals surface area contributed by atoms with Crippen LogP contribution < -0.4 is 16.4 Å². The molecule has 0 radical (unpaired) electrons. The second kappa shape index (κ2) is 5.39. The van der Waals surface area contributed by atoms with Crippen LogP contribution >= 0.6 is 11.6 Å². The maximum absolute atomic E-state index is 11.7. The molecule has 1 saturated carbocycles. The molecule has 6 nitrogen and oxygen atoms in total. The van der Waals surface area contributed by atoms with E-state index in [2.05, 4.69) is 20.6 Å². The average molecular weight is 270 g/mol. The summed E-state index contributed by atoms with van der Waals surface area (Å²) < 4.78 is 0. The number of carbonyl (C=O) groups excluding carboxylic acids is 1. The first kappa shape index (κ1) is 12.9. The highest BCUT2D eigenvalue weighted by molar-refractivity contribution is 6.31. The summed E-state index contributed by atoms with van der Waals surface area (Å²) in [6.07, 6.45) is 4.36. The fraction of sp³-hybridized carbons (Fsp3) is 0.545. The van der Waals surface area contributed by atoms with Crippen molar-refractivity contribution in [2.45, 2.75) is 25.3 Å². The van der Waals surface area contributed by atoms with E-state index < -0.39 is 0 Å². The quantitative estimate of drug-likeness (QED) is 0.762. The van der Waals surface area contributed by atoms with E-state index in [4.69, 9.17) is 17.3 Å². The van der Waals surface area contributed by atoms with Gasteiger partial charge in [-0.25, -0.2) is 9.97 Å². The Morgan fingerprint density at radius 3 is 3.00 bits per heavy atom. The molecule has 1 amide bonds. The van der Waals surface area contributed by atoms with Crippen LogP contribution in [0.4, 0.5) is 11.6 Å². The van der Waals surface area contributed by atoms with Gasteiger partial charge in [-0.2, -0.15) is 0 Å². The van der Waals surface area contributed by atoms with Crippen LogP contribution in [-0.2, 0) is 4.79 Å². The fourth-order valence-corrected chi connectivity index (χ4v) is 2.41. The van der Waals surface area contributed by atoms with E-state index in [1.54, 1.807) is 7.05 Å². The fourth-order valence-electron chi connectivity index (χ4n) is 2.27. The predicted molar refractivity (Wildman–Crippen MR) is 70.3 cm³/mol. The summed E-state index contributed by atoms with van der Waals surface area (Å²) in [5, 5.41) is 6.06. The summed E-state index contributed by atoms with van der Waals surface area (Å²) in [6.45, 7) is 0. The third kappa shape index (κ3) is 2.64. The number of carbonyl (C=O) groups is 1. The van der Waals surface area contributed by atoms with Gasteiger partial charge in [0.05, 0.1) is 12.1 Å². The smallest absolute Gasteiger partial charge is 0.224 e. The topological polar surface area (TPSA) is 92.9 Å². The highest BCUT2D eigenvalue weighted by Crippen LogP contribution is 2.28. The summed E-state index contributed by atoms with van der Waals surface area (Å²) >= 11 is 5.81. The van der Waals surface area contributed by atoms with E-state index in [9.17, 15) is 4.79 Å². The molecule has 18 heavy (non-hydrogen) atoms. The van der Waals surface area contributed by atoms with Crippen LogP contribution in [-0.4, -0.2) is 29.0 Å². The number of aromatic nitrogens is 2. The van der Waals surface area contributed by atoms with Gasteiger partial charge in [-0.05, 0) is 12.8 Å². The zero-order valence-corrected chi connectivity index (χ0v) is 10.9. The van der Waals surface area contributed by atoms with Crippen LogP contribution in [0.3, 0.4) is 0 Å². The molecule has 1 fully saturated rings. The van der Waals surface area contributed by atoms with Crippen molar-refractivity contribution < 1.29 is 4.79 Å². The number of anilines is 2. The zero-order chi connectivity index (χ0) is 13.1. The van der Waals surface area contributed by atoms with E-state index in [0.717, 1.165) is 19.3 Å². The van der Waals surface area contributed by atoms with Crippen molar-refractivity contribution in [3.8, 4) is 0 Å². The second-order valence-electron chi connectivity index (χ2n) is 4.33. The number of halogens is 1. The minimum Gasteiger partial charge on any atom is -0.381 e. The second-order valence-corrected chi connectivity index (χ2v) is 4.69. The highest BCUT2D eigenvalue weighted by Gasteiger charge is 2.32. The van der Waals surface area contributed by atoms with Gasteiger partial charge in [-0.15, -0.1) is 0 Å².